The van der Waals surface area contributed by atoms with Crippen molar-refractivity contribution in [3.8, 4) is 0 Å². The molecule has 0 spiro atoms. The van der Waals surface area contributed by atoms with Crippen LogP contribution in [0.15, 0.2) is 0 Å². The monoisotopic (exact) mass is 298 g/mol. The van der Waals surface area contributed by atoms with E-state index < -0.39 is 5.60 Å². The van der Waals surface area contributed by atoms with Gasteiger partial charge in [0, 0.05) is 12.6 Å². The summed E-state index contributed by atoms with van der Waals surface area (Å²) in [4.78, 5) is 25.5. The van der Waals surface area contributed by atoms with E-state index in [1.165, 1.54) is 0 Å². The molecule has 1 rings (SSSR count). The number of esters is 1. The molecular weight excluding hydrogens is 268 g/mol. The molecule has 0 bridgehead atoms. The largest absolute Gasteiger partial charge is 0.460 e. The van der Waals surface area contributed by atoms with Crippen LogP contribution in [0.1, 0.15) is 48.5 Å². The van der Waals surface area contributed by atoms with Gasteiger partial charge in [-0.1, -0.05) is 13.8 Å². The van der Waals surface area contributed by atoms with Crippen LogP contribution in [0.4, 0.5) is 0 Å². The Labute approximate surface area is 128 Å². The zero-order chi connectivity index (χ0) is 16.6. The summed E-state index contributed by atoms with van der Waals surface area (Å²) >= 11 is 0. The highest BCUT2D eigenvalue weighted by molar-refractivity contribution is 5.78. The third kappa shape index (κ3) is 4.70. The van der Waals surface area contributed by atoms with Crippen molar-refractivity contribution in [2.24, 2.45) is 23.0 Å². The van der Waals surface area contributed by atoms with E-state index in [9.17, 15) is 9.59 Å². The highest BCUT2D eigenvalue weighted by Crippen LogP contribution is 2.59. The van der Waals surface area contributed by atoms with E-state index in [0.717, 1.165) is 0 Å². The lowest BCUT2D eigenvalue weighted by Crippen LogP contribution is -2.40. The molecule has 0 aromatic heterocycles. The van der Waals surface area contributed by atoms with Crippen LogP contribution in [-0.2, 0) is 14.3 Å². The first-order chi connectivity index (χ1) is 9.36. The Morgan fingerprint density at radius 1 is 1.29 bits per heavy atom. The molecule has 0 aliphatic heterocycles. The molecule has 2 unspecified atom stereocenters. The summed E-state index contributed by atoms with van der Waals surface area (Å²) in [6.07, 6.45) is 0. The van der Waals surface area contributed by atoms with E-state index in [-0.39, 0.29) is 41.7 Å². The molecule has 1 amide bonds. The lowest BCUT2D eigenvalue weighted by Gasteiger charge is -2.25. The molecule has 1 saturated carbocycles. The van der Waals surface area contributed by atoms with Gasteiger partial charge in [-0.2, -0.15) is 0 Å². The van der Waals surface area contributed by atoms with Crippen LogP contribution in [0.5, 0.6) is 0 Å². The third-order valence-corrected chi connectivity index (χ3v) is 4.23. The zero-order valence-corrected chi connectivity index (χ0v) is 14.4. The quantitative estimate of drug-likeness (QED) is 0.759. The number of nitrogens with two attached hydrogens (primary N) is 1. The van der Waals surface area contributed by atoms with Crippen LogP contribution in [0.25, 0.3) is 0 Å². The van der Waals surface area contributed by atoms with E-state index >= 15 is 0 Å². The minimum atomic E-state index is -0.467. The Hall–Kier alpha value is -1.10. The van der Waals surface area contributed by atoms with Gasteiger partial charge in [0.2, 0.25) is 5.91 Å². The van der Waals surface area contributed by atoms with Gasteiger partial charge in [0.05, 0.1) is 12.5 Å². The second-order valence-electron chi connectivity index (χ2n) is 7.93. The first-order valence-corrected chi connectivity index (χ1v) is 7.61. The van der Waals surface area contributed by atoms with E-state index in [2.05, 4.69) is 13.8 Å². The number of rotatable bonds is 6. The summed E-state index contributed by atoms with van der Waals surface area (Å²) in [5, 5.41) is 0. The minimum Gasteiger partial charge on any atom is -0.460 e. The number of carbonyl (C=O) groups is 2. The van der Waals surface area contributed by atoms with Crippen molar-refractivity contribution in [3.63, 3.8) is 0 Å². The molecule has 0 saturated heterocycles. The van der Waals surface area contributed by atoms with Crippen molar-refractivity contribution in [2.75, 3.05) is 13.1 Å². The predicted molar refractivity (Wildman–Crippen MR) is 82.5 cm³/mol. The molecule has 1 aliphatic rings. The summed E-state index contributed by atoms with van der Waals surface area (Å²) in [6.45, 7) is 14.8. The molecule has 21 heavy (non-hydrogen) atoms. The Morgan fingerprint density at radius 2 is 1.81 bits per heavy atom. The van der Waals surface area contributed by atoms with Gasteiger partial charge in [-0.3, -0.25) is 14.5 Å². The molecule has 5 nitrogen and oxygen atoms in total. The molecule has 2 atom stereocenters. The van der Waals surface area contributed by atoms with E-state index in [4.69, 9.17) is 10.5 Å². The summed E-state index contributed by atoms with van der Waals surface area (Å²) in [5.74, 6) is -0.379. The molecule has 1 fully saturated rings. The number of nitrogens with zero attached hydrogens (tertiary/aromatic N) is 1. The van der Waals surface area contributed by atoms with Gasteiger partial charge in [0.15, 0.2) is 0 Å². The SMILES string of the molecule is CC(C)N(CC(N)=O)CC1C(C(=O)OC(C)(C)C)C1(C)C. The van der Waals surface area contributed by atoms with Crippen LogP contribution < -0.4 is 5.73 Å². The van der Waals surface area contributed by atoms with Crippen LogP contribution in [-0.4, -0.2) is 41.5 Å². The fourth-order valence-corrected chi connectivity index (χ4v) is 2.83. The molecule has 5 heteroatoms. The summed E-state index contributed by atoms with van der Waals surface area (Å²) in [5.41, 5.74) is 4.74. The zero-order valence-electron chi connectivity index (χ0n) is 14.4. The number of primary amides is 1. The summed E-state index contributed by atoms with van der Waals surface area (Å²) < 4.78 is 5.50. The predicted octanol–water partition coefficient (Wildman–Crippen LogP) is 1.80. The number of ether oxygens (including phenoxy) is 1. The normalized spacial score (nSPS) is 24.2. The van der Waals surface area contributed by atoms with Crippen LogP contribution >= 0.6 is 0 Å². The average molecular weight is 298 g/mol. The second kappa shape index (κ2) is 5.95. The van der Waals surface area contributed by atoms with E-state index in [1.54, 1.807) is 0 Å². The highest BCUT2D eigenvalue weighted by Gasteiger charge is 2.63. The van der Waals surface area contributed by atoms with E-state index in [0.29, 0.717) is 6.54 Å². The fraction of sp³-hybridized carbons (Fsp3) is 0.875. The average Bonchev–Trinajstić information content (AvgIpc) is 2.76. The van der Waals surface area contributed by atoms with Crippen LogP contribution in [0.3, 0.4) is 0 Å². The molecule has 122 valence electrons. The third-order valence-electron chi connectivity index (χ3n) is 4.23. The van der Waals surface area contributed by atoms with Crippen molar-refractivity contribution < 1.29 is 14.3 Å². The van der Waals surface area contributed by atoms with Gasteiger partial charge in [0.1, 0.15) is 5.60 Å². The van der Waals surface area contributed by atoms with Gasteiger partial charge < -0.3 is 10.5 Å². The topological polar surface area (TPSA) is 72.6 Å². The molecule has 1 aliphatic carbocycles. The van der Waals surface area contributed by atoms with Crippen molar-refractivity contribution in [1.29, 1.82) is 0 Å². The van der Waals surface area contributed by atoms with Crippen LogP contribution in [0, 0.1) is 17.3 Å². The molecule has 0 aromatic rings. The Bertz CT molecular complexity index is 410. The van der Waals surface area contributed by atoms with Crippen LogP contribution in [0.2, 0.25) is 0 Å². The molecule has 2 N–H and O–H groups in total. The van der Waals surface area contributed by atoms with Crippen molar-refractivity contribution >= 4 is 11.9 Å². The number of amides is 1. The van der Waals surface area contributed by atoms with Crippen molar-refractivity contribution in [2.45, 2.75) is 60.1 Å². The lowest BCUT2D eigenvalue weighted by molar-refractivity contribution is -0.157. The van der Waals surface area contributed by atoms with Crippen molar-refractivity contribution in [3.05, 3.63) is 0 Å². The first-order valence-electron chi connectivity index (χ1n) is 7.61. The van der Waals surface area contributed by atoms with Gasteiger partial charge in [-0.25, -0.2) is 0 Å². The number of hydrogen-bond donors (Lipinski definition) is 1. The molecule has 0 aromatic carbocycles. The van der Waals surface area contributed by atoms with Gasteiger partial charge in [0.25, 0.3) is 0 Å². The molecule has 0 heterocycles. The van der Waals surface area contributed by atoms with E-state index in [1.807, 2.05) is 39.5 Å². The highest BCUT2D eigenvalue weighted by atomic mass is 16.6. The second-order valence-corrected chi connectivity index (χ2v) is 7.93. The van der Waals surface area contributed by atoms with Gasteiger partial charge >= 0.3 is 5.97 Å². The Balaban J connectivity index is 2.71. The smallest absolute Gasteiger partial charge is 0.310 e. The Kier molecular flexibility index (Phi) is 5.09. The maximum Gasteiger partial charge on any atom is 0.310 e. The maximum absolute atomic E-state index is 12.3. The maximum atomic E-state index is 12.3. The van der Waals surface area contributed by atoms with Gasteiger partial charge in [-0.15, -0.1) is 0 Å². The molecule has 0 radical (unpaired) electrons. The summed E-state index contributed by atoms with van der Waals surface area (Å²) in [7, 11) is 0. The standard InChI is InChI=1S/C16H30N2O3/c1-10(2)18(9-12(17)19)8-11-13(16(11,6)7)14(20)21-15(3,4)5/h10-11,13H,8-9H2,1-7H3,(H2,17,19). The number of carbonyl (C=O) groups excluding carboxylic acids is 2. The minimum absolute atomic E-state index is 0.0902. The fourth-order valence-electron chi connectivity index (χ4n) is 2.83. The molecular formula is C16H30N2O3. The van der Waals surface area contributed by atoms with Crippen molar-refractivity contribution in [1.82, 2.24) is 4.90 Å². The number of hydrogen-bond acceptors (Lipinski definition) is 4. The van der Waals surface area contributed by atoms with Gasteiger partial charge in [-0.05, 0) is 46.0 Å². The Morgan fingerprint density at radius 3 is 2.19 bits per heavy atom. The first kappa shape index (κ1) is 18.0. The lowest BCUT2D eigenvalue weighted by atomic mass is 10.1. The summed E-state index contributed by atoms with van der Waals surface area (Å²) in [6, 6.07) is 0.216.